The molecule has 4 heteroatoms. The van der Waals surface area contributed by atoms with E-state index in [0.29, 0.717) is 26.1 Å². The number of furan rings is 1. The molecular formula is C26H32O4. The zero-order chi connectivity index (χ0) is 21.7. The van der Waals surface area contributed by atoms with E-state index < -0.39 is 0 Å². The number of rotatable bonds is 9. The van der Waals surface area contributed by atoms with Crippen LogP contribution in [0.5, 0.6) is 5.75 Å². The second kappa shape index (κ2) is 9.84. The Morgan fingerprint density at radius 2 is 1.77 bits per heavy atom. The lowest BCUT2D eigenvalue weighted by Crippen LogP contribution is -2.06. The summed E-state index contributed by atoms with van der Waals surface area (Å²) in [5, 5.41) is 1.15. The molecule has 0 saturated heterocycles. The van der Waals surface area contributed by atoms with Crippen LogP contribution in [-0.2, 0) is 35.4 Å². The molecule has 0 spiro atoms. The zero-order valence-corrected chi connectivity index (χ0v) is 18.8. The Labute approximate surface area is 179 Å². The molecule has 0 aliphatic carbocycles. The van der Waals surface area contributed by atoms with Crippen molar-refractivity contribution in [2.45, 2.75) is 66.9 Å². The van der Waals surface area contributed by atoms with E-state index >= 15 is 0 Å². The van der Waals surface area contributed by atoms with Crippen molar-refractivity contribution < 1.29 is 18.7 Å². The summed E-state index contributed by atoms with van der Waals surface area (Å²) < 4.78 is 17.3. The maximum atomic E-state index is 11.7. The van der Waals surface area contributed by atoms with Crippen LogP contribution in [0.1, 0.15) is 60.8 Å². The highest BCUT2D eigenvalue weighted by molar-refractivity contribution is 5.82. The number of ether oxygens (including phenoxy) is 2. The molecule has 3 aromatic rings. The van der Waals surface area contributed by atoms with Gasteiger partial charge in [0.15, 0.2) is 0 Å². The Morgan fingerprint density at radius 1 is 0.967 bits per heavy atom. The Morgan fingerprint density at radius 3 is 2.47 bits per heavy atom. The molecule has 4 nitrogen and oxygen atoms in total. The topological polar surface area (TPSA) is 48.7 Å². The molecule has 30 heavy (non-hydrogen) atoms. The van der Waals surface area contributed by atoms with Crippen molar-refractivity contribution in [1.29, 1.82) is 0 Å². The lowest BCUT2D eigenvalue weighted by Gasteiger charge is -2.15. The number of carbonyl (C=O) groups excluding carboxylic acids is 1. The molecule has 3 rings (SSSR count). The summed E-state index contributed by atoms with van der Waals surface area (Å²) in [5.74, 6) is 1.71. The van der Waals surface area contributed by atoms with Crippen LogP contribution in [0.2, 0.25) is 0 Å². The highest BCUT2D eigenvalue weighted by Crippen LogP contribution is 2.29. The van der Waals surface area contributed by atoms with E-state index in [-0.39, 0.29) is 5.97 Å². The molecule has 2 aromatic carbocycles. The summed E-state index contributed by atoms with van der Waals surface area (Å²) in [6.45, 7) is 11.1. The second-order valence-corrected chi connectivity index (χ2v) is 7.66. The largest absolute Gasteiger partial charge is 0.488 e. The first-order valence-electron chi connectivity index (χ1n) is 10.9. The average Bonchev–Trinajstić information content (AvgIpc) is 3.17. The summed E-state index contributed by atoms with van der Waals surface area (Å²) >= 11 is 0. The molecule has 0 bridgehead atoms. The van der Waals surface area contributed by atoms with Crippen molar-refractivity contribution >= 4 is 16.9 Å². The van der Waals surface area contributed by atoms with Crippen LogP contribution >= 0.6 is 0 Å². The predicted molar refractivity (Wildman–Crippen MR) is 120 cm³/mol. The van der Waals surface area contributed by atoms with Crippen LogP contribution < -0.4 is 4.74 Å². The quantitative estimate of drug-likeness (QED) is 0.393. The van der Waals surface area contributed by atoms with Gasteiger partial charge in [0.05, 0.1) is 6.61 Å². The molecule has 1 aromatic heterocycles. The first-order chi connectivity index (χ1) is 14.5. The fourth-order valence-electron chi connectivity index (χ4n) is 3.74. The van der Waals surface area contributed by atoms with E-state index in [1.165, 1.54) is 5.56 Å². The lowest BCUT2D eigenvalue weighted by atomic mass is 9.99. The zero-order valence-electron chi connectivity index (χ0n) is 18.8. The summed E-state index contributed by atoms with van der Waals surface area (Å²) in [4.78, 5) is 11.7. The molecule has 0 atom stereocenters. The Balaban J connectivity index is 1.78. The van der Waals surface area contributed by atoms with E-state index in [9.17, 15) is 4.79 Å². The van der Waals surface area contributed by atoms with E-state index in [1.807, 2.05) is 13.0 Å². The van der Waals surface area contributed by atoms with Crippen LogP contribution in [0, 0.1) is 13.8 Å². The van der Waals surface area contributed by atoms with Crippen molar-refractivity contribution in [2.24, 2.45) is 0 Å². The second-order valence-electron chi connectivity index (χ2n) is 7.66. The predicted octanol–water partition coefficient (Wildman–Crippen LogP) is 6.25. The van der Waals surface area contributed by atoms with Gasteiger partial charge in [-0.3, -0.25) is 4.79 Å². The van der Waals surface area contributed by atoms with Gasteiger partial charge in [-0.15, -0.1) is 0 Å². The molecule has 1 heterocycles. The average molecular weight is 409 g/mol. The normalized spacial score (nSPS) is 11.1. The highest BCUT2D eigenvalue weighted by atomic mass is 16.5. The van der Waals surface area contributed by atoms with Crippen molar-refractivity contribution in [3.05, 3.63) is 63.9 Å². The highest BCUT2D eigenvalue weighted by Gasteiger charge is 2.13. The van der Waals surface area contributed by atoms with E-state index in [2.05, 4.69) is 52.0 Å². The molecule has 0 unspecified atom stereocenters. The Bertz CT molecular complexity index is 1030. The summed E-state index contributed by atoms with van der Waals surface area (Å²) in [5.41, 5.74) is 6.70. The molecule has 0 N–H and O–H groups in total. The number of hydrogen-bond donors (Lipinski definition) is 0. The summed E-state index contributed by atoms with van der Waals surface area (Å²) in [7, 11) is 0. The minimum absolute atomic E-state index is 0.153. The van der Waals surface area contributed by atoms with Gasteiger partial charge in [0.2, 0.25) is 0 Å². The number of fused-ring (bicyclic) bond motifs is 1. The van der Waals surface area contributed by atoms with Crippen molar-refractivity contribution in [1.82, 2.24) is 0 Å². The fourth-order valence-corrected chi connectivity index (χ4v) is 3.74. The first-order valence-corrected chi connectivity index (χ1v) is 10.9. The van der Waals surface area contributed by atoms with E-state index in [4.69, 9.17) is 13.9 Å². The van der Waals surface area contributed by atoms with Gasteiger partial charge in [-0.25, -0.2) is 0 Å². The van der Waals surface area contributed by atoms with Crippen molar-refractivity contribution in [3.8, 4) is 5.75 Å². The smallest absolute Gasteiger partial charge is 0.306 e. The Kier molecular flexibility index (Phi) is 7.20. The molecular weight excluding hydrogens is 376 g/mol. The van der Waals surface area contributed by atoms with Crippen LogP contribution in [0.25, 0.3) is 11.0 Å². The maximum absolute atomic E-state index is 11.7. The van der Waals surface area contributed by atoms with Gasteiger partial charge in [0, 0.05) is 23.8 Å². The third-order valence-corrected chi connectivity index (χ3v) is 5.70. The summed E-state index contributed by atoms with van der Waals surface area (Å²) in [6, 6.07) is 10.6. The van der Waals surface area contributed by atoms with Gasteiger partial charge in [-0.05, 0) is 80.1 Å². The van der Waals surface area contributed by atoms with Gasteiger partial charge in [-0.1, -0.05) is 19.9 Å². The van der Waals surface area contributed by atoms with Crippen molar-refractivity contribution in [2.75, 3.05) is 6.61 Å². The van der Waals surface area contributed by atoms with Gasteiger partial charge >= 0.3 is 5.97 Å². The van der Waals surface area contributed by atoms with Gasteiger partial charge in [0.25, 0.3) is 0 Å². The summed E-state index contributed by atoms with van der Waals surface area (Å²) in [6.07, 6.45) is 2.93. The SMILES string of the molecule is CCOC(=O)CCc1ccc(OCc2cc(CC)cc3cc(CC)oc23)c(C)c1C. The van der Waals surface area contributed by atoms with Crippen LogP contribution in [0.15, 0.2) is 34.7 Å². The molecule has 160 valence electrons. The van der Waals surface area contributed by atoms with Gasteiger partial charge in [0.1, 0.15) is 23.7 Å². The lowest BCUT2D eigenvalue weighted by molar-refractivity contribution is -0.143. The van der Waals surface area contributed by atoms with Crippen LogP contribution in [0.3, 0.4) is 0 Å². The number of benzene rings is 2. The van der Waals surface area contributed by atoms with Crippen LogP contribution in [0.4, 0.5) is 0 Å². The van der Waals surface area contributed by atoms with Crippen LogP contribution in [-0.4, -0.2) is 12.6 Å². The third kappa shape index (κ3) is 4.86. The molecule has 0 fully saturated rings. The number of carbonyl (C=O) groups is 1. The maximum Gasteiger partial charge on any atom is 0.306 e. The monoisotopic (exact) mass is 408 g/mol. The molecule has 0 amide bonds. The number of aryl methyl sites for hydroxylation is 3. The standard InChI is InChI=1S/C26H32O4/c1-6-19-13-21-15-23(7-2)30-26(21)22(14-19)16-29-24-11-9-20(17(4)18(24)5)10-12-25(27)28-8-3/h9,11,13-15H,6-8,10,12,16H2,1-5H3. The minimum Gasteiger partial charge on any atom is -0.488 e. The first kappa shape index (κ1) is 21.9. The van der Waals surface area contributed by atoms with Gasteiger partial charge in [-0.2, -0.15) is 0 Å². The van der Waals surface area contributed by atoms with Gasteiger partial charge < -0.3 is 13.9 Å². The number of hydrogen-bond acceptors (Lipinski definition) is 4. The van der Waals surface area contributed by atoms with E-state index in [0.717, 1.165) is 57.6 Å². The molecule has 0 radical (unpaired) electrons. The number of esters is 1. The van der Waals surface area contributed by atoms with Crippen molar-refractivity contribution in [3.63, 3.8) is 0 Å². The molecule has 0 aliphatic heterocycles. The molecule has 0 aliphatic rings. The molecule has 0 saturated carbocycles. The minimum atomic E-state index is -0.153. The Hall–Kier alpha value is -2.75. The third-order valence-electron chi connectivity index (χ3n) is 5.70. The fraction of sp³-hybridized carbons (Fsp3) is 0.423. The van der Waals surface area contributed by atoms with E-state index in [1.54, 1.807) is 0 Å².